The van der Waals surface area contributed by atoms with Crippen LogP contribution in [0, 0.1) is 5.92 Å². The molecule has 0 amide bonds. The van der Waals surface area contributed by atoms with Crippen LogP contribution in [0.1, 0.15) is 31.2 Å². The maximum atomic E-state index is 6.06. The SMILES string of the molecule is Clc1ccc(CC2C[C@H]3CC[C@@H](C2)N3)cc1Cl. The summed E-state index contributed by atoms with van der Waals surface area (Å²) in [7, 11) is 0. The van der Waals surface area contributed by atoms with Crippen molar-refractivity contribution in [3.63, 3.8) is 0 Å². The van der Waals surface area contributed by atoms with E-state index in [1.54, 1.807) is 0 Å². The molecule has 2 fully saturated rings. The van der Waals surface area contributed by atoms with Gasteiger partial charge in [0.2, 0.25) is 0 Å². The van der Waals surface area contributed by atoms with Crippen LogP contribution in [0.4, 0.5) is 0 Å². The molecular weight excluding hydrogens is 253 g/mol. The Morgan fingerprint density at radius 1 is 1.06 bits per heavy atom. The first-order valence-electron chi connectivity index (χ1n) is 6.40. The van der Waals surface area contributed by atoms with Gasteiger partial charge in [-0.05, 0) is 55.7 Å². The number of piperidine rings is 1. The molecule has 0 spiro atoms. The number of halogens is 2. The fourth-order valence-corrected chi connectivity index (χ4v) is 3.66. The molecule has 0 aliphatic carbocycles. The summed E-state index contributed by atoms with van der Waals surface area (Å²) in [5.41, 5.74) is 1.32. The lowest BCUT2D eigenvalue weighted by Crippen LogP contribution is -2.38. The summed E-state index contributed by atoms with van der Waals surface area (Å²) < 4.78 is 0. The minimum atomic E-state index is 0.654. The van der Waals surface area contributed by atoms with E-state index in [2.05, 4.69) is 11.4 Å². The number of nitrogens with one attached hydrogen (secondary N) is 1. The topological polar surface area (TPSA) is 12.0 Å². The zero-order valence-electron chi connectivity index (χ0n) is 9.76. The Hall–Kier alpha value is -0.240. The summed E-state index contributed by atoms with van der Waals surface area (Å²) in [4.78, 5) is 0. The van der Waals surface area contributed by atoms with Gasteiger partial charge in [0.1, 0.15) is 0 Å². The molecule has 1 aromatic carbocycles. The van der Waals surface area contributed by atoms with E-state index < -0.39 is 0 Å². The average molecular weight is 270 g/mol. The summed E-state index contributed by atoms with van der Waals surface area (Å²) in [6.45, 7) is 0. The third kappa shape index (κ3) is 2.62. The van der Waals surface area contributed by atoms with Crippen molar-refractivity contribution < 1.29 is 0 Å². The molecule has 3 rings (SSSR count). The number of hydrogen-bond donors (Lipinski definition) is 1. The van der Waals surface area contributed by atoms with E-state index in [0.717, 1.165) is 24.4 Å². The van der Waals surface area contributed by atoms with Crippen molar-refractivity contribution in [3.8, 4) is 0 Å². The minimum absolute atomic E-state index is 0.654. The largest absolute Gasteiger partial charge is 0.311 e. The minimum Gasteiger partial charge on any atom is -0.311 e. The Balaban J connectivity index is 1.68. The molecule has 3 atom stereocenters. The second-order valence-corrected chi connectivity index (χ2v) is 6.24. The maximum absolute atomic E-state index is 6.06. The molecule has 92 valence electrons. The second-order valence-electron chi connectivity index (χ2n) is 5.43. The monoisotopic (exact) mass is 269 g/mol. The van der Waals surface area contributed by atoms with Gasteiger partial charge in [-0.3, -0.25) is 0 Å². The van der Waals surface area contributed by atoms with E-state index in [4.69, 9.17) is 23.2 Å². The summed E-state index contributed by atoms with van der Waals surface area (Å²) >= 11 is 12.0. The Kier molecular flexibility index (Phi) is 3.34. The Morgan fingerprint density at radius 2 is 1.76 bits per heavy atom. The second kappa shape index (κ2) is 4.79. The molecule has 17 heavy (non-hydrogen) atoms. The van der Waals surface area contributed by atoms with Gasteiger partial charge in [-0.15, -0.1) is 0 Å². The highest BCUT2D eigenvalue weighted by Gasteiger charge is 2.33. The lowest BCUT2D eigenvalue weighted by atomic mass is 9.87. The van der Waals surface area contributed by atoms with Gasteiger partial charge in [0.25, 0.3) is 0 Å². The third-order valence-electron chi connectivity index (χ3n) is 4.08. The van der Waals surface area contributed by atoms with Gasteiger partial charge in [-0.25, -0.2) is 0 Å². The molecule has 1 N–H and O–H groups in total. The van der Waals surface area contributed by atoms with Crippen molar-refractivity contribution in [1.82, 2.24) is 5.32 Å². The first-order valence-corrected chi connectivity index (χ1v) is 7.16. The van der Waals surface area contributed by atoms with Crippen molar-refractivity contribution in [3.05, 3.63) is 33.8 Å². The summed E-state index contributed by atoms with van der Waals surface area (Å²) in [6.07, 6.45) is 6.50. The highest BCUT2D eigenvalue weighted by Crippen LogP contribution is 2.33. The summed E-state index contributed by atoms with van der Waals surface area (Å²) in [5.74, 6) is 0.811. The predicted octanol–water partition coefficient (Wildman–Crippen LogP) is 4.07. The highest BCUT2D eigenvalue weighted by molar-refractivity contribution is 6.42. The summed E-state index contributed by atoms with van der Waals surface area (Å²) in [5, 5.41) is 5.01. The standard InChI is InChI=1S/C14H17Cl2N/c15-13-4-1-9(8-14(13)16)5-10-6-11-2-3-12(7-10)17-11/h1,4,8,10-12,17H,2-3,5-7H2/t10?,11-,12+. The quantitative estimate of drug-likeness (QED) is 0.854. The fraction of sp³-hybridized carbons (Fsp3) is 0.571. The predicted molar refractivity (Wildman–Crippen MR) is 72.8 cm³/mol. The zero-order valence-corrected chi connectivity index (χ0v) is 11.3. The molecule has 1 unspecified atom stereocenters. The fourth-order valence-electron chi connectivity index (χ4n) is 3.34. The Bertz CT molecular complexity index is 407. The molecule has 1 aromatic rings. The van der Waals surface area contributed by atoms with Gasteiger partial charge in [0.15, 0.2) is 0 Å². The first-order chi connectivity index (χ1) is 8.20. The van der Waals surface area contributed by atoms with Crippen LogP contribution in [0.5, 0.6) is 0 Å². The zero-order chi connectivity index (χ0) is 11.8. The van der Waals surface area contributed by atoms with Crippen LogP contribution in [0.25, 0.3) is 0 Å². The maximum Gasteiger partial charge on any atom is 0.0595 e. The molecule has 2 heterocycles. The van der Waals surface area contributed by atoms with E-state index in [0.29, 0.717) is 10.0 Å². The summed E-state index contributed by atoms with van der Waals surface area (Å²) in [6, 6.07) is 7.57. The average Bonchev–Trinajstić information content (AvgIpc) is 2.64. The van der Waals surface area contributed by atoms with Crippen LogP contribution in [-0.4, -0.2) is 12.1 Å². The van der Waals surface area contributed by atoms with Gasteiger partial charge in [-0.1, -0.05) is 29.3 Å². The van der Waals surface area contributed by atoms with Crippen molar-refractivity contribution in [2.45, 2.75) is 44.2 Å². The lowest BCUT2D eigenvalue weighted by molar-refractivity contribution is 0.298. The highest BCUT2D eigenvalue weighted by atomic mass is 35.5. The van der Waals surface area contributed by atoms with Crippen LogP contribution in [0.15, 0.2) is 18.2 Å². The molecular formula is C14H17Cl2N. The van der Waals surface area contributed by atoms with Gasteiger partial charge in [0, 0.05) is 12.1 Å². The van der Waals surface area contributed by atoms with E-state index in [9.17, 15) is 0 Å². The van der Waals surface area contributed by atoms with Crippen LogP contribution in [0.3, 0.4) is 0 Å². The van der Waals surface area contributed by atoms with Crippen molar-refractivity contribution in [1.29, 1.82) is 0 Å². The van der Waals surface area contributed by atoms with Crippen LogP contribution < -0.4 is 5.32 Å². The van der Waals surface area contributed by atoms with Crippen LogP contribution in [0.2, 0.25) is 10.0 Å². The van der Waals surface area contributed by atoms with Crippen LogP contribution in [-0.2, 0) is 6.42 Å². The number of hydrogen-bond acceptors (Lipinski definition) is 1. The molecule has 2 aliphatic heterocycles. The first kappa shape index (κ1) is 11.8. The van der Waals surface area contributed by atoms with Gasteiger partial charge < -0.3 is 5.32 Å². The molecule has 2 aliphatic rings. The number of fused-ring (bicyclic) bond motifs is 2. The Labute approximate surface area is 112 Å². The molecule has 3 heteroatoms. The van der Waals surface area contributed by atoms with Gasteiger partial charge in [0.05, 0.1) is 10.0 Å². The van der Waals surface area contributed by atoms with Gasteiger partial charge >= 0.3 is 0 Å². The molecule has 0 aromatic heterocycles. The van der Waals surface area contributed by atoms with Crippen molar-refractivity contribution in [2.24, 2.45) is 5.92 Å². The molecule has 2 bridgehead atoms. The molecule has 1 nitrogen and oxygen atoms in total. The molecule has 2 saturated heterocycles. The molecule has 0 radical (unpaired) electrons. The third-order valence-corrected chi connectivity index (χ3v) is 4.82. The van der Waals surface area contributed by atoms with E-state index >= 15 is 0 Å². The van der Waals surface area contributed by atoms with Crippen molar-refractivity contribution in [2.75, 3.05) is 0 Å². The van der Waals surface area contributed by atoms with Gasteiger partial charge in [-0.2, -0.15) is 0 Å². The lowest BCUT2D eigenvalue weighted by Gasteiger charge is -2.29. The normalized spacial score (nSPS) is 31.8. The molecule has 0 saturated carbocycles. The van der Waals surface area contributed by atoms with Crippen molar-refractivity contribution >= 4 is 23.2 Å². The van der Waals surface area contributed by atoms with E-state index in [1.165, 1.54) is 31.2 Å². The van der Waals surface area contributed by atoms with E-state index in [1.807, 2.05) is 12.1 Å². The van der Waals surface area contributed by atoms with Crippen LogP contribution >= 0.6 is 23.2 Å². The number of benzene rings is 1. The number of rotatable bonds is 2. The van der Waals surface area contributed by atoms with E-state index in [-0.39, 0.29) is 0 Å². The Morgan fingerprint density at radius 3 is 2.41 bits per heavy atom. The smallest absolute Gasteiger partial charge is 0.0595 e.